The van der Waals surface area contributed by atoms with Crippen molar-refractivity contribution in [2.24, 2.45) is 4.99 Å². The largest absolute Gasteiger partial charge is 0.493 e. The highest BCUT2D eigenvalue weighted by atomic mass is 32.1. The Bertz CT molecular complexity index is 1150. The van der Waals surface area contributed by atoms with Crippen LogP contribution in [0.3, 0.4) is 0 Å². The molecule has 2 aromatic carbocycles. The van der Waals surface area contributed by atoms with E-state index in [1.807, 2.05) is 17.5 Å². The number of ether oxygens (including phenoxy) is 3. The third-order valence-corrected chi connectivity index (χ3v) is 6.50. The van der Waals surface area contributed by atoms with Crippen LogP contribution in [0.25, 0.3) is 11.3 Å². The van der Waals surface area contributed by atoms with Crippen molar-refractivity contribution in [1.82, 2.24) is 9.47 Å². The van der Waals surface area contributed by atoms with Crippen LogP contribution in [0.1, 0.15) is 20.3 Å². The molecule has 0 saturated heterocycles. The Labute approximate surface area is 203 Å². The van der Waals surface area contributed by atoms with Gasteiger partial charge in [0.2, 0.25) is 5.75 Å². The molecule has 0 aliphatic rings. The van der Waals surface area contributed by atoms with Gasteiger partial charge in [0, 0.05) is 23.6 Å². The lowest BCUT2D eigenvalue weighted by molar-refractivity contribution is 0.293. The first kappa shape index (κ1) is 25.7. The molecule has 1 aromatic heterocycles. The summed E-state index contributed by atoms with van der Waals surface area (Å²) >= 11 is 1.40. The molecule has 0 bridgehead atoms. The standard InChI is InChI=1S/C25H31F2N3O3S/c1-6-29(7-2)11-8-12-30-21(17-13-22(31-3)24(33-5)23(14-17)32-4)16-34-25(30)28-20-10-9-18(26)15-19(20)27/h9-10,13-16H,6-8,11-12H2,1-5H3. The highest BCUT2D eigenvalue weighted by Crippen LogP contribution is 2.41. The normalized spacial score (nSPS) is 11.8. The second-order valence-electron chi connectivity index (χ2n) is 7.56. The Morgan fingerprint density at radius 2 is 1.65 bits per heavy atom. The van der Waals surface area contributed by atoms with E-state index in [9.17, 15) is 8.78 Å². The number of rotatable bonds is 11. The smallest absolute Gasteiger partial charge is 0.203 e. The van der Waals surface area contributed by atoms with Crippen LogP contribution in [-0.2, 0) is 6.54 Å². The highest BCUT2D eigenvalue weighted by Gasteiger charge is 2.17. The second kappa shape index (κ2) is 12.0. The summed E-state index contributed by atoms with van der Waals surface area (Å²) in [6.45, 7) is 7.83. The van der Waals surface area contributed by atoms with Crippen LogP contribution in [0, 0.1) is 11.6 Å². The number of benzene rings is 2. The molecular weight excluding hydrogens is 460 g/mol. The molecule has 184 valence electrons. The van der Waals surface area contributed by atoms with E-state index in [4.69, 9.17) is 14.2 Å². The summed E-state index contributed by atoms with van der Waals surface area (Å²) in [5.74, 6) is 0.266. The second-order valence-corrected chi connectivity index (χ2v) is 8.39. The van der Waals surface area contributed by atoms with Crippen molar-refractivity contribution >= 4 is 17.0 Å². The zero-order valence-electron chi connectivity index (χ0n) is 20.2. The van der Waals surface area contributed by atoms with E-state index >= 15 is 0 Å². The lowest BCUT2D eigenvalue weighted by Crippen LogP contribution is -2.26. The first-order valence-corrected chi connectivity index (χ1v) is 12.0. The number of halogens is 2. The fourth-order valence-corrected chi connectivity index (χ4v) is 4.71. The SMILES string of the molecule is CCN(CC)CCCn1c(-c2cc(OC)c(OC)c(OC)c2)csc1=Nc1ccc(F)cc1F. The number of methoxy groups -OCH3 is 3. The third kappa shape index (κ3) is 5.77. The maximum absolute atomic E-state index is 14.3. The number of aromatic nitrogens is 1. The molecule has 9 heteroatoms. The first-order valence-electron chi connectivity index (χ1n) is 11.2. The summed E-state index contributed by atoms with van der Waals surface area (Å²) in [6.07, 6.45) is 0.884. The van der Waals surface area contributed by atoms with Crippen LogP contribution in [0.2, 0.25) is 0 Å². The lowest BCUT2D eigenvalue weighted by Gasteiger charge is -2.19. The van der Waals surface area contributed by atoms with Gasteiger partial charge in [0.15, 0.2) is 22.1 Å². The van der Waals surface area contributed by atoms with Crippen LogP contribution >= 0.6 is 11.3 Å². The molecule has 0 amide bonds. The van der Waals surface area contributed by atoms with E-state index < -0.39 is 11.6 Å². The minimum atomic E-state index is -0.697. The fraction of sp³-hybridized carbons (Fsp3) is 0.400. The molecule has 0 saturated carbocycles. The van der Waals surface area contributed by atoms with Crippen molar-refractivity contribution in [3.63, 3.8) is 0 Å². The molecule has 1 heterocycles. The predicted octanol–water partition coefficient (Wildman–Crippen LogP) is 5.48. The molecular formula is C25H31F2N3O3S. The van der Waals surface area contributed by atoms with Gasteiger partial charge in [-0.3, -0.25) is 0 Å². The number of hydrogen-bond acceptors (Lipinski definition) is 6. The van der Waals surface area contributed by atoms with Gasteiger partial charge in [-0.15, -0.1) is 11.3 Å². The Kier molecular flexibility index (Phi) is 9.06. The van der Waals surface area contributed by atoms with Crippen LogP contribution in [0.4, 0.5) is 14.5 Å². The van der Waals surface area contributed by atoms with Gasteiger partial charge in [0.05, 0.1) is 27.0 Å². The van der Waals surface area contributed by atoms with Crippen molar-refractivity contribution in [1.29, 1.82) is 0 Å². The molecule has 0 aliphatic heterocycles. The van der Waals surface area contributed by atoms with Crippen LogP contribution in [0.5, 0.6) is 17.2 Å². The van der Waals surface area contributed by atoms with Gasteiger partial charge in [0.25, 0.3) is 0 Å². The number of thiazole rings is 1. The summed E-state index contributed by atoms with van der Waals surface area (Å²) < 4.78 is 46.3. The summed E-state index contributed by atoms with van der Waals surface area (Å²) in [5.41, 5.74) is 1.84. The maximum Gasteiger partial charge on any atom is 0.203 e. The lowest BCUT2D eigenvalue weighted by atomic mass is 10.1. The summed E-state index contributed by atoms with van der Waals surface area (Å²) in [4.78, 5) is 7.49. The van der Waals surface area contributed by atoms with E-state index in [1.54, 1.807) is 21.3 Å². The van der Waals surface area contributed by atoms with Gasteiger partial charge in [-0.2, -0.15) is 0 Å². The van der Waals surface area contributed by atoms with Crippen LogP contribution < -0.4 is 19.0 Å². The Hall–Kier alpha value is -2.91. The highest BCUT2D eigenvalue weighted by molar-refractivity contribution is 7.07. The van der Waals surface area contributed by atoms with Crippen molar-refractivity contribution in [2.75, 3.05) is 41.0 Å². The van der Waals surface area contributed by atoms with Gasteiger partial charge >= 0.3 is 0 Å². The fourth-order valence-electron chi connectivity index (χ4n) is 3.76. The minimum Gasteiger partial charge on any atom is -0.493 e. The molecule has 0 aliphatic carbocycles. The van der Waals surface area contributed by atoms with Gasteiger partial charge in [0.1, 0.15) is 11.5 Å². The average Bonchev–Trinajstić information content (AvgIpc) is 3.24. The Balaban J connectivity index is 2.11. The number of nitrogens with zero attached hydrogens (tertiary/aromatic N) is 3. The predicted molar refractivity (Wildman–Crippen MR) is 131 cm³/mol. The van der Waals surface area contributed by atoms with E-state index in [0.717, 1.165) is 43.4 Å². The van der Waals surface area contributed by atoms with Crippen molar-refractivity contribution < 1.29 is 23.0 Å². The molecule has 0 spiro atoms. The molecule has 0 radical (unpaired) electrons. The van der Waals surface area contributed by atoms with Gasteiger partial charge in [-0.25, -0.2) is 13.8 Å². The first-order chi connectivity index (χ1) is 16.4. The molecule has 6 nitrogen and oxygen atoms in total. The van der Waals surface area contributed by atoms with E-state index in [-0.39, 0.29) is 5.69 Å². The van der Waals surface area contributed by atoms with E-state index in [1.165, 1.54) is 23.5 Å². The summed E-state index contributed by atoms with van der Waals surface area (Å²) in [5, 5.41) is 1.97. The molecule has 0 atom stereocenters. The molecule has 34 heavy (non-hydrogen) atoms. The monoisotopic (exact) mass is 491 g/mol. The topological polar surface area (TPSA) is 48.2 Å². The molecule has 0 fully saturated rings. The van der Waals surface area contributed by atoms with Gasteiger partial charge in [-0.05, 0) is 50.3 Å². The Morgan fingerprint density at radius 1 is 0.971 bits per heavy atom. The zero-order chi connectivity index (χ0) is 24.7. The van der Waals surface area contributed by atoms with E-state index in [0.29, 0.717) is 28.6 Å². The Morgan fingerprint density at radius 3 is 2.21 bits per heavy atom. The minimum absolute atomic E-state index is 0.0946. The van der Waals surface area contributed by atoms with E-state index in [2.05, 4.69) is 28.3 Å². The maximum atomic E-state index is 14.3. The average molecular weight is 492 g/mol. The molecule has 0 N–H and O–H groups in total. The molecule has 3 rings (SSSR count). The zero-order valence-corrected chi connectivity index (χ0v) is 21.0. The van der Waals surface area contributed by atoms with Gasteiger partial charge in [-0.1, -0.05) is 13.8 Å². The number of hydrogen-bond donors (Lipinski definition) is 0. The van der Waals surface area contributed by atoms with Gasteiger partial charge < -0.3 is 23.7 Å². The molecule has 0 unspecified atom stereocenters. The van der Waals surface area contributed by atoms with Crippen LogP contribution in [0.15, 0.2) is 40.7 Å². The third-order valence-electron chi connectivity index (χ3n) is 5.63. The van der Waals surface area contributed by atoms with Crippen molar-refractivity contribution in [2.45, 2.75) is 26.8 Å². The summed E-state index contributed by atoms with van der Waals surface area (Å²) in [6, 6.07) is 7.17. The van der Waals surface area contributed by atoms with Crippen molar-refractivity contribution in [3.8, 4) is 28.5 Å². The quantitative estimate of drug-likeness (QED) is 0.356. The van der Waals surface area contributed by atoms with Crippen molar-refractivity contribution in [3.05, 3.63) is 52.1 Å². The summed E-state index contributed by atoms with van der Waals surface area (Å²) in [7, 11) is 4.71. The van der Waals surface area contributed by atoms with Crippen LogP contribution in [-0.4, -0.2) is 50.4 Å². The molecule has 3 aromatic rings.